The van der Waals surface area contributed by atoms with Crippen LogP contribution < -0.4 is 14.8 Å². The Morgan fingerprint density at radius 1 is 0.933 bits per heavy atom. The predicted octanol–water partition coefficient (Wildman–Crippen LogP) is 4.52. The summed E-state index contributed by atoms with van der Waals surface area (Å²) in [6.07, 6.45) is 0. The number of ether oxygens (including phenoxy) is 2. The zero-order valence-corrected chi connectivity index (χ0v) is 15.5. The van der Waals surface area contributed by atoms with E-state index >= 15 is 0 Å². The molecule has 0 fully saturated rings. The van der Waals surface area contributed by atoms with Crippen molar-refractivity contribution < 1.29 is 23.2 Å². The monoisotopic (exact) mass is 403 g/mol. The zero-order chi connectivity index (χ0) is 20.5. The summed E-state index contributed by atoms with van der Waals surface area (Å²) in [6, 6.07) is 17.9. The Balaban J connectivity index is 1.37. The molecule has 0 bridgehead atoms. The minimum atomic E-state index is -0.388. The summed E-state index contributed by atoms with van der Waals surface area (Å²) in [5, 5.41) is 6.72. The summed E-state index contributed by atoms with van der Waals surface area (Å²) in [4.78, 5) is 17.0. The summed E-state index contributed by atoms with van der Waals surface area (Å²) in [5.41, 5.74) is 2.07. The first-order chi connectivity index (χ1) is 14.7. The average molecular weight is 403 g/mol. The van der Waals surface area contributed by atoms with Crippen LogP contribution in [0.5, 0.6) is 11.5 Å². The van der Waals surface area contributed by atoms with E-state index in [1.54, 1.807) is 54.6 Å². The van der Waals surface area contributed by atoms with Crippen LogP contribution in [0.2, 0.25) is 0 Å². The zero-order valence-electron chi connectivity index (χ0n) is 15.5. The molecule has 148 valence electrons. The fraction of sp³-hybridized carbons (Fsp3) is 0.0455. The first kappa shape index (κ1) is 17.9. The molecular formula is C22H14FN3O4. The van der Waals surface area contributed by atoms with Gasteiger partial charge < -0.3 is 19.3 Å². The standard InChI is InChI=1S/C22H14FN3O4/c23-16-6-2-3-13(10-16)20-25-22(30-26-20)15-5-1-4-14(9-15)21(27)24-17-7-8-18-19(11-17)29-12-28-18/h1-11H,12H2,(H,24,27). The van der Waals surface area contributed by atoms with E-state index in [2.05, 4.69) is 15.5 Å². The maximum absolute atomic E-state index is 13.4. The molecule has 30 heavy (non-hydrogen) atoms. The molecule has 1 aromatic heterocycles. The molecule has 2 heterocycles. The molecule has 0 spiro atoms. The van der Waals surface area contributed by atoms with Gasteiger partial charge in [-0.1, -0.05) is 23.4 Å². The number of carbonyl (C=O) groups is 1. The Kier molecular flexibility index (Phi) is 4.36. The van der Waals surface area contributed by atoms with Gasteiger partial charge in [0.15, 0.2) is 11.5 Å². The van der Waals surface area contributed by atoms with Crippen molar-refractivity contribution in [3.8, 4) is 34.3 Å². The number of fused-ring (bicyclic) bond motifs is 1. The summed E-state index contributed by atoms with van der Waals surface area (Å²) in [5.74, 6) is 1.02. The van der Waals surface area contributed by atoms with Crippen molar-refractivity contribution in [1.82, 2.24) is 10.1 Å². The highest BCUT2D eigenvalue weighted by atomic mass is 19.1. The quantitative estimate of drug-likeness (QED) is 0.539. The van der Waals surface area contributed by atoms with Crippen LogP contribution in [0, 0.1) is 5.82 Å². The number of benzene rings is 3. The second kappa shape index (κ2) is 7.32. The highest BCUT2D eigenvalue weighted by Gasteiger charge is 2.16. The van der Waals surface area contributed by atoms with Crippen molar-refractivity contribution in [2.75, 3.05) is 12.1 Å². The van der Waals surface area contributed by atoms with E-state index in [0.29, 0.717) is 33.9 Å². The van der Waals surface area contributed by atoms with Crippen LogP contribution in [-0.2, 0) is 0 Å². The SMILES string of the molecule is O=C(Nc1ccc2c(c1)OCO2)c1cccc(-c2nc(-c3cccc(F)c3)no2)c1. The van der Waals surface area contributed by atoms with Crippen molar-refractivity contribution in [1.29, 1.82) is 0 Å². The van der Waals surface area contributed by atoms with Gasteiger partial charge in [0, 0.05) is 28.4 Å². The molecule has 1 amide bonds. The lowest BCUT2D eigenvalue weighted by molar-refractivity contribution is 0.102. The maximum Gasteiger partial charge on any atom is 0.258 e. The van der Waals surface area contributed by atoms with Gasteiger partial charge in [0.05, 0.1) is 0 Å². The summed E-state index contributed by atoms with van der Waals surface area (Å²) in [7, 11) is 0. The van der Waals surface area contributed by atoms with Crippen LogP contribution in [0.4, 0.5) is 10.1 Å². The van der Waals surface area contributed by atoms with Crippen LogP contribution in [0.15, 0.2) is 71.3 Å². The number of halogens is 1. The third kappa shape index (κ3) is 3.46. The molecular weight excluding hydrogens is 389 g/mol. The highest BCUT2D eigenvalue weighted by Crippen LogP contribution is 2.34. The fourth-order valence-corrected chi connectivity index (χ4v) is 3.06. The molecule has 0 saturated heterocycles. The lowest BCUT2D eigenvalue weighted by Gasteiger charge is -2.07. The molecule has 0 aliphatic carbocycles. The fourth-order valence-electron chi connectivity index (χ4n) is 3.06. The van der Waals surface area contributed by atoms with Gasteiger partial charge in [0.2, 0.25) is 12.6 Å². The Hall–Kier alpha value is -4.20. The predicted molar refractivity (Wildman–Crippen MR) is 106 cm³/mol. The topological polar surface area (TPSA) is 86.5 Å². The molecule has 5 rings (SSSR count). The summed E-state index contributed by atoms with van der Waals surface area (Å²) >= 11 is 0. The molecule has 8 heteroatoms. The summed E-state index contributed by atoms with van der Waals surface area (Å²) < 4.78 is 29.3. The van der Waals surface area contributed by atoms with Crippen molar-refractivity contribution in [2.45, 2.75) is 0 Å². The number of hydrogen-bond donors (Lipinski definition) is 1. The number of anilines is 1. The minimum absolute atomic E-state index is 0.163. The van der Waals surface area contributed by atoms with Gasteiger partial charge in [0.25, 0.3) is 11.8 Å². The Morgan fingerprint density at radius 3 is 2.67 bits per heavy atom. The first-order valence-corrected chi connectivity index (χ1v) is 9.07. The van der Waals surface area contributed by atoms with Crippen LogP contribution in [0.25, 0.3) is 22.8 Å². The molecule has 1 aliphatic rings. The van der Waals surface area contributed by atoms with Gasteiger partial charge in [-0.2, -0.15) is 4.98 Å². The number of nitrogens with one attached hydrogen (secondary N) is 1. The van der Waals surface area contributed by atoms with Crippen molar-refractivity contribution in [2.24, 2.45) is 0 Å². The van der Waals surface area contributed by atoms with Gasteiger partial charge in [0.1, 0.15) is 5.82 Å². The number of nitrogens with zero attached hydrogens (tertiary/aromatic N) is 2. The first-order valence-electron chi connectivity index (χ1n) is 9.07. The van der Waals surface area contributed by atoms with E-state index in [1.165, 1.54) is 12.1 Å². The van der Waals surface area contributed by atoms with Crippen LogP contribution >= 0.6 is 0 Å². The van der Waals surface area contributed by atoms with Crippen LogP contribution in [0.3, 0.4) is 0 Å². The van der Waals surface area contributed by atoms with Crippen molar-refractivity contribution in [3.05, 3.63) is 78.1 Å². The Morgan fingerprint density at radius 2 is 1.77 bits per heavy atom. The Labute approximate surface area is 170 Å². The molecule has 3 aromatic carbocycles. The van der Waals surface area contributed by atoms with E-state index < -0.39 is 0 Å². The second-order valence-corrected chi connectivity index (χ2v) is 6.54. The largest absolute Gasteiger partial charge is 0.454 e. The number of carbonyl (C=O) groups excluding carboxylic acids is 1. The molecule has 0 radical (unpaired) electrons. The number of amides is 1. The van der Waals surface area contributed by atoms with Crippen LogP contribution in [0.1, 0.15) is 10.4 Å². The molecule has 0 unspecified atom stereocenters. The van der Waals surface area contributed by atoms with E-state index in [9.17, 15) is 9.18 Å². The lowest BCUT2D eigenvalue weighted by atomic mass is 10.1. The van der Waals surface area contributed by atoms with E-state index in [1.807, 2.05) is 0 Å². The maximum atomic E-state index is 13.4. The normalized spacial score (nSPS) is 12.0. The van der Waals surface area contributed by atoms with Crippen LogP contribution in [-0.4, -0.2) is 22.8 Å². The van der Waals surface area contributed by atoms with E-state index in [0.717, 1.165) is 0 Å². The number of hydrogen-bond acceptors (Lipinski definition) is 6. The molecule has 7 nitrogen and oxygen atoms in total. The highest BCUT2D eigenvalue weighted by molar-refractivity contribution is 6.05. The van der Waals surface area contributed by atoms with Gasteiger partial charge in [-0.05, 0) is 42.5 Å². The molecule has 4 aromatic rings. The third-order valence-electron chi connectivity index (χ3n) is 4.51. The molecule has 1 N–H and O–H groups in total. The van der Waals surface area contributed by atoms with E-state index in [4.69, 9.17) is 14.0 Å². The van der Waals surface area contributed by atoms with Gasteiger partial charge in [-0.15, -0.1) is 0 Å². The molecule has 1 aliphatic heterocycles. The van der Waals surface area contributed by atoms with Gasteiger partial charge in [-0.3, -0.25) is 4.79 Å². The number of aromatic nitrogens is 2. The number of rotatable bonds is 4. The minimum Gasteiger partial charge on any atom is -0.454 e. The lowest BCUT2D eigenvalue weighted by Crippen LogP contribution is -2.11. The summed E-state index contributed by atoms with van der Waals surface area (Å²) in [6.45, 7) is 0.163. The van der Waals surface area contributed by atoms with E-state index in [-0.39, 0.29) is 30.2 Å². The molecule has 0 atom stereocenters. The van der Waals surface area contributed by atoms with Crippen molar-refractivity contribution in [3.63, 3.8) is 0 Å². The smallest absolute Gasteiger partial charge is 0.258 e. The third-order valence-corrected chi connectivity index (χ3v) is 4.51. The van der Waals surface area contributed by atoms with Gasteiger partial charge >= 0.3 is 0 Å². The second-order valence-electron chi connectivity index (χ2n) is 6.54. The van der Waals surface area contributed by atoms with Crippen molar-refractivity contribution >= 4 is 11.6 Å². The average Bonchev–Trinajstić information content (AvgIpc) is 3.43. The van der Waals surface area contributed by atoms with Gasteiger partial charge in [-0.25, -0.2) is 4.39 Å². The Bertz CT molecular complexity index is 1250. The molecule has 0 saturated carbocycles.